The zero-order valence-corrected chi connectivity index (χ0v) is 20.2. The number of carbonyl (C=O) groups excluding carboxylic acids is 2. The van der Waals surface area contributed by atoms with Crippen molar-refractivity contribution in [3.8, 4) is 5.75 Å². The van der Waals surface area contributed by atoms with E-state index in [1.807, 2.05) is 12.1 Å². The van der Waals surface area contributed by atoms with Crippen molar-refractivity contribution in [1.82, 2.24) is 10.2 Å². The molecule has 6 nitrogen and oxygen atoms in total. The average molecular weight is 446 g/mol. The second-order valence-electron chi connectivity index (χ2n) is 9.79. The molecule has 1 fully saturated rings. The molecule has 2 amide bonds. The molecule has 0 spiro atoms. The first-order valence-electron chi connectivity index (χ1n) is 12.3. The van der Waals surface area contributed by atoms with E-state index in [0.717, 1.165) is 45.3 Å². The van der Waals surface area contributed by atoms with E-state index in [9.17, 15) is 14.7 Å². The molecule has 1 aromatic rings. The fraction of sp³-hybridized carbons (Fsp3) is 0.692. The number of benzene rings is 1. The number of hydrogen-bond donors (Lipinski definition) is 3. The van der Waals surface area contributed by atoms with E-state index in [1.165, 1.54) is 24.8 Å². The van der Waals surface area contributed by atoms with Crippen LogP contribution in [0, 0.1) is 11.8 Å². The van der Waals surface area contributed by atoms with Gasteiger partial charge in [0.2, 0.25) is 11.8 Å². The number of aromatic hydroxyl groups is 1. The van der Waals surface area contributed by atoms with Crippen LogP contribution in [0.5, 0.6) is 5.75 Å². The lowest BCUT2D eigenvalue weighted by atomic mass is 9.68. The molecule has 1 aromatic carbocycles. The molecule has 3 unspecified atom stereocenters. The number of nitrogens with zero attached hydrogens (tertiary/aromatic N) is 1. The fourth-order valence-electron chi connectivity index (χ4n) is 4.84. The van der Waals surface area contributed by atoms with Crippen molar-refractivity contribution in [2.45, 2.75) is 77.6 Å². The number of piperidine rings is 1. The van der Waals surface area contributed by atoms with Crippen LogP contribution in [0.3, 0.4) is 0 Å². The molecule has 1 heterocycles. The zero-order valence-electron chi connectivity index (χ0n) is 20.2. The minimum Gasteiger partial charge on any atom is -0.508 e. The molecule has 1 aliphatic rings. The smallest absolute Gasteiger partial charge is 0.224 e. The first-order chi connectivity index (χ1) is 15.3. The molecular formula is C26H43N3O3. The molecule has 4 N–H and O–H groups in total. The Morgan fingerprint density at radius 1 is 1.28 bits per heavy atom. The number of nitrogens with two attached hydrogens (primary N) is 1. The van der Waals surface area contributed by atoms with E-state index in [2.05, 4.69) is 37.1 Å². The monoisotopic (exact) mass is 445 g/mol. The van der Waals surface area contributed by atoms with Crippen molar-refractivity contribution in [1.29, 1.82) is 0 Å². The molecule has 0 aliphatic carbocycles. The maximum atomic E-state index is 12.9. The van der Waals surface area contributed by atoms with Crippen LogP contribution in [0.2, 0.25) is 0 Å². The second kappa shape index (κ2) is 12.8. The molecule has 32 heavy (non-hydrogen) atoms. The molecule has 1 saturated heterocycles. The summed E-state index contributed by atoms with van der Waals surface area (Å²) in [5.41, 5.74) is 6.41. The summed E-state index contributed by atoms with van der Waals surface area (Å²) in [7, 11) is 0. The van der Waals surface area contributed by atoms with Gasteiger partial charge in [-0.2, -0.15) is 0 Å². The molecule has 0 radical (unpaired) electrons. The molecule has 1 aliphatic heterocycles. The predicted octanol–water partition coefficient (Wildman–Crippen LogP) is 3.96. The van der Waals surface area contributed by atoms with Gasteiger partial charge >= 0.3 is 0 Å². The predicted molar refractivity (Wildman–Crippen MR) is 129 cm³/mol. The van der Waals surface area contributed by atoms with E-state index >= 15 is 0 Å². The van der Waals surface area contributed by atoms with Crippen LogP contribution in [-0.4, -0.2) is 48.0 Å². The fourth-order valence-corrected chi connectivity index (χ4v) is 4.84. The average Bonchev–Trinajstić information content (AvgIpc) is 2.75. The van der Waals surface area contributed by atoms with Gasteiger partial charge in [-0.15, -0.1) is 0 Å². The van der Waals surface area contributed by atoms with E-state index in [0.29, 0.717) is 18.2 Å². The van der Waals surface area contributed by atoms with Crippen LogP contribution < -0.4 is 11.1 Å². The lowest BCUT2D eigenvalue weighted by Gasteiger charge is -2.45. The van der Waals surface area contributed by atoms with Crippen LogP contribution in [-0.2, 0) is 15.0 Å². The summed E-state index contributed by atoms with van der Waals surface area (Å²) >= 11 is 0. The summed E-state index contributed by atoms with van der Waals surface area (Å²) in [4.78, 5) is 26.3. The number of rotatable bonds is 13. The first-order valence-corrected chi connectivity index (χ1v) is 12.3. The minimum atomic E-state index is -0.391. The minimum absolute atomic E-state index is 0.00857. The van der Waals surface area contributed by atoms with Crippen LogP contribution in [0.1, 0.15) is 77.7 Å². The third-order valence-electron chi connectivity index (χ3n) is 7.25. The second-order valence-corrected chi connectivity index (χ2v) is 9.79. The third-order valence-corrected chi connectivity index (χ3v) is 7.25. The Bertz CT molecular complexity index is 739. The number of hydrogen-bond acceptors (Lipinski definition) is 4. The Hall–Kier alpha value is -2.08. The van der Waals surface area contributed by atoms with Crippen molar-refractivity contribution in [3.63, 3.8) is 0 Å². The van der Waals surface area contributed by atoms with Gasteiger partial charge in [-0.05, 0) is 48.4 Å². The number of likely N-dealkylation sites (tertiary alicyclic amines) is 1. The SMILES string of the molecule is CCCCCCCC(CN1CCC(C)(c2cccc(O)c2)C(C)C1)C(=O)NCCC(N)=O. The normalized spacial score (nSPS) is 22.4. The Morgan fingerprint density at radius 2 is 2.03 bits per heavy atom. The zero-order chi connectivity index (χ0) is 23.6. The highest BCUT2D eigenvalue weighted by molar-refractivity contribution is 5.80. The van der Waals surface area contributed by atoms with Crippen LogP contribution >= 0.6 is 0 Å². The van der Waals surface area contributed by atoms with Gasteiger partial charge in [0.15, 0.2) is 0 Å². The van der Waals surface area contributed by atoms with Gasteiger partial charge in [0.05, 0.1) is 5.92 Å². The van der Waals surface area contributed by atoms with Gasteiger partial charge in [-0.1, -0.05) is 65.0 Å². The number of unbranched alkanes of at least 4 members (excludes halogenated alkanes) is 4. The highest BCUT2D eigenvalue weighted by atomic mass is 16.3. The van der Waals surface area contributed by atoms with Gasteiger partial charge in [-0.25, -0.2) is 0 Å². The summed E-state index contributed by atoms with van der Waals surface area (Å²) in [5.74, 6) is 0.297. The van der Waals surface area contributed by atoms with Crippen molar-refractivity contribution in [2.24, 2.45) is 17.6 Å². The molecule has 6 heteroatoms. The number of phenols is 1. The Balaban J connectivity index is 1.97. The van der Waals surface area contributed by atoms with Crippen LogP contribution in [0.15, 0.2) is 24.3 Å². The van der Waals surface area contributed by atoms with Gasteiger partial charge in [0.25, 0.3) is 0 Å². The lowest BCUT2D eigenvalue weighted by molar-refractivity contribution is -0.126. The van der Waals surface area contributed by atoms with E-state index in [4.69, 9.17) is 5.73 Å². The summed E-state index contributed by atoms with van der Waals surface area (Å²) in [6.07, 6.45) is 7.93. The summed E-state index contributed by atoms with van der Waals surface area (Å²) in [6, 6.07) is 7.63. The van der Waals surface area contributed by atoms with E-state index in [-0.39, 0.29) is 23.7 Å². The van der Waals surface area contributed by atoms with E-state index in [1.54, 1.807) is 6.07 Å². The number of amides is 2. The van der Waals surface area contributed by atoms with Gasteiger partial charge < -0.3 is 21.1 Å². The largest absolute Gasteiger partial charge is 0.508 e. The molecule has 0 saturated carbocycles. The van der Waals surface area contributed by atoms with Crippen LogP contribution in [0.4, 0.5) is 0 Å². The van der Waals surface area contributed by atoms with Crippen molar-refractivity contribution < 1.29 is 14.7 Å². The molecule has 2 rings (SSSR count). The quantitative estimate of drug-likeness (QED) is 0.401. The number of nitrogens with one attached hydrogen (secondary N) is 1. The summed E-state index contributed by atoms with van der Waals surface area (Å²) < 4.78 is 0. The summed E-state index contributed by atoms with van der Waals surface area (Å²) in [5, 5.41) is 12.9. The standard InChI is InChI=1S/C26H43N3O3/c1-4-5-6-7-8-10-21(25(32)28-15-13-24(27)31)19-29-16-14-26(3,20(2)18-29)22-11-9-12-23(30)17-22/h9,11-12,17,20-21,30H,4-8,10,13-16,18-19H2,1-3H3,(H2,27,31)(H,28,32). The number of carbonyl (C=O) groups is 2. The maximum absolute atomic E-state index is 12.9. The number of primary amides is 1. The first kappa shape index (κ1) is 26.2. The highest BCUT2D eigenvalue weighted by Gasteiger charge is 2.39. The number of phenolic OH excluding ortho intramolecular Hbond substituents is 1. The third kappa shape index (κ3) is 7.80. The van der Waals surface area contributed by atoms with E-state index < -0.39 is 5.91 Å². The molecule has 0 bridgehead atoms. The van der Waals surface area contributed by atoms with Gasteiger partial charge in [-0.3, -0.25) is 9.59 Å². The topological polar surface area (TPSA) is 95.7 Å². The molecule has 0 aromatic heterocycles. The van der Waals surface area contributed by atoms with Gasteiger partial charge in [0, 0.05) is 26.1 Å². The lowest BCUT2D eigenvalue weighted by Crippen LogP contribution is -2.50. The van der Waals surface area contributed by atoms with Crippen molar-refractivity contribution in [3.05, 3.63) is 29.8 Å². The molecule has 3 atom stereocenters. The van der Waals surface area contributed by atoms with Crippen molar-refractivity contribution >= 4 is 11.8 Å². The molecule has 180 valence electrons. The molecular weight excluding hydrogens is 402 g/mol. The Morgan fingerprint density at radius 3 is 2.69 bits per heavy atom. The van der Waals surface area contributed by atoms with Crippen LogP contribution in [0.25, 0.3) is 0 Å². The highest BCUT2D eigenvalue weighted by Crippen LogP contribution is 2.40. The van der Waals surface area contributed by atoms with Gasteiger partial charge in [0.1, 0.15) is 5.75 Å². The summed E-state index contributed by atoms with van der Waals surface area (Å²) in [6.45, 7) is 9.67. The maximum Gasteiger partial charge on any atom is 0.224 e. The Kier molecular flexibility index (Phi) is 10.5. The Labute approximate surface area is 193 Å². The van der Waals surface area contributed by atoms with Crippen molar-refractivity contribution in [2.75, 3.05) is 26.2 Å².